The van der Waals surface area contributed by atoms with Crippen LogP contribution in [0.2, 0.25) is 5.02 Å². The summed E-state index contributed by atoms with van der Waals surface area (Å²) in [6.07, 6.45) is 1.36. The SMILES string of the molecule is COc1cc2c(cc1OC)[C@@H]1[C@@H]3Cc4cc(OC)c(OC)cc4[C@H](CNC(=O)c4ccccc4Cl)N3[C@@H](C#N)[C@H](C2)N1C. The fraction of sp³-hybridized carbons (Fsp3) is 0.394. The van der Waals surface area contributed by atoms with Gasteiger partial charge in [0, 0.05) is 18.6 Å². The Morgan fingerprint density at radius 2 is 1.47 bits per heavy atom. The second-order valence-electron chi connectivity index (χ2n) is 11.2. The number of carbonyl (C=O) groups is 1. The van der Waals surface area contributed by atoms with Gasteiger partial charge in [0.05, 0.1) is 57.2 Å². The predicted octanol–water partition coefficient (Wildman–Crippen LogP) is 4.58. The average Bonchev–Trinajstić information content (AvgIpc) is 3.02. The fourth-order valence-electron chi connectivity index (χ4n) is 7.31. The van der Waals surface area contributed by atoms with Gasteiger partial charge in [-0.15, -0.1) is 0 Å². The van der Waals surface area contributed by atoms with Crippen LogP contribution in [0.3, 0.4) is 0 Å². The number of amides is 1. The van der Waals surface area contributed by atoms with Gasteiger partial charge in [0.1, 0.15) is 6.04 Å². The third-order valence-electron chi connectivity index (χ3n) is 9.29. The quantitative estimate of drug-likeness (QED) is 0.420. The lowest BCUT2D eigenvalue weighted by Gasteiger charge is -2.60. The predicted molar refractivity (Wildman–Crippen MR) is 162 cm³/mol. The second kappa shape index (κ2) is 11.6. The van der Waals surface area contributed by atoms with E-state index in [1.54, 1.807) is 52.7 Å². The summed E-state index contributed by atoms with van der Waals surface area (Å²) in [5.41, 5.74) is 4.82. The van der Waals surface area contributed by atoms with Crippen molar-refractivity contribution in [3.63, 3.8) is 0 Å². The molecule has 1 amide bonds. The number of likely N-dealkylation sites (N-methyl/N-ethyl adjacent to an activating group) is 1. The van der Waals surface area contributed by atoms with Crippen molar-refractivity contribution in [1.82, 2.24) is 15.1 Å². The number of nitrogens with zero attached hydrogens (tertiary/aromatic N) is 3. The molecule has 224 valence electrons. The van der Waals surface area contributed by atoms with Crippen LogP contribution in [0.15, 0.2) is 48.5 Å². The molecular weight excluding hydrogens is 568 g/mol. The van der Waals surface area contributed by atoms with Gasteiger partial charge in [0.25, 0.3) is 5.91 Å². The van der Waals surface area contributed by atoms with Crippen molar-refractivity contribution in [2.75, 3.05) is 42.0 Å². The standard InChI is InChI=1S/C33H35ClN4O5/c1-37-24-10-19-13-29(41-3)31(43-5)15-22(19)32(37)25-11-18-12-28(40-2)30(42-4)14-21(18)27(38(25)26(24)16-35)17-36-33(39)20-8-6-7-9-23(20)34/h6-9,12-15,24-27,32H,10-11,17H2,1-5H3,(H,36,39)/t24-,25-,26-,27-,32+/m0/s1. The van der Waals surface area contributed by atoms with E-state index in [0.29, 0.717) is 46.4 Å². The zero-order chi connectivity index (χ0) is 30.4. The Bertz CT molecular complexity index is 1610. The van der Waals surface area contributed by atoms with E-state index in [4.69, 9.17) is 30.5 Å². The first kappa shape index (κ1) is 29.1. The molecule has 0 aromatic heterocycles. The molecule has 0 spiro atoms. The van der Waals surface area contributed by atoms with Crippen molar-refractivity contribution >= 4 is 17.5 Å². The third kappa shape index (κ3) is 4.74. The molecule has 0 radical (unpaired) electrons. The summed E-state index contributed by atoms with van der Waals surface area (Å²) in [5, 5.41) is 14.2. The first-order valence-electron chi connectivity index (χ1n) is 14.3. The number of carbonyl (C=O) groups excluding carboxylic acids is 1. The summed E-state index contributed by atoms with van der Waals surface area (Å²) in [6, 6.07) is 16.9. The maximum absolute atomic E-state index is 13.3. The molecular formula is C33H35ClN4O5. The van der Waals surface area contributed by atoms with E-state index in [2.05, 4.69) is 40.4 Å². The van der Waals surface area contributed by atoms with Gasteiger partial charge in [0.2, 0.25) is 0 Å². The molecule has 3 aliphatic heterocycles. The van der Waals surface area contributed by atoms with E-state index < -0.39 is 6.04 Å². The lowest BCUT2D eigenvalue weighted by Crippen LogP contribution is -2.68. The molecule has 0 unspecified atom stereocenters. The zero-order valence-electron chi connectivity index (χ0n) is 24.9. The Hall–Kier alpha value is -3.97. The maximum Gasteiger partial charge on any atom is 0.252 e. The molecule has 3 heterocycles. The van der Waals surface area contributed by atoms with E-state index in [-0.39, 0.29) is 36.6 Å². The summed E-state index contributed by atoms with van der Waals surface area (Å²) in [7, 11) is 8.63. The van der Waals surface area contributed by atoms with Crippen LogP contribution in [-0.2, 0) is 12.8 Å². The van der Waals surface area contributed by atoms with Gasteiger partial charge in [-0.25, -0.2) is 0 Å². The molecule has 43 heavy (non-hydrogen) atoms. The van der Waals surface area contributed by atoms with Crippen molar-refractivity contribution in [3.05, 3.63) is 81.4 Å². The minimum Gasteiger partial charge on any atom is -0.493 e. The number of fused-ring (bicyclic) bond motifs is 7. The number of ether oxygens (including phenoxy) is 4. The molecule has 5 atom stereocenters. The Kier molecular flexibility index (Phi) is 7.86. The van der Waals surface area contributed by atoms with Gasteiger partial charge >= 0.3 is 0 Å². The molecule has 1 saturated heterocycles. The van der Waals surface area contributed by atoms with E-state index in [1.165, 1.54) is 0 Å². The molecule has 2 bridgehead atoms. The van der Waals surface area contributed by atoms with Crippen molar-refractivity contribution in [1.29, 1.82) is 5.26 Å². The van der Waals surface area contributed by atoms with Crippen LogP contribution >= 0.6 is 11.6 Å². The van der Waals surface area contributed by atoms with Gasteiger partial charge < -0.3 is 24.3 Å². The monoisotopic (exact) mass is 602 g/mol. The Balaban J connectivity index is 1.48. The molecule has 3 aromatic carbocycles. The maximum atomic E-state index is 13.3. The van der Waals surface area contributed by atoms with Crippen molar-refractivity contribution in [3.8, 4) is 29.1 Å². The van der Waals surface area contributed by atoms with E-state index in [0.717, 1.165) is 22.3 Å². The highest BCUT2D eigenvalue weighted by Gasteiger charge is 2.54. The topological polar surface area (TPSA) is 96.3 Å². The number of halogens is 1. The Morgan fingerprint density at radius 3 is 2.07 bits per heavy atom. The van der Waals surface area contributed by atoms with Crippen LogP contribution in [0.5, 0.6) is 23.0 Å². The van der Waals surface area contributed by atoms with Crippen molar-refractivity contribution in [2.24, 2.45) is 0 Å². The van der Waals surface area contributed by atoms with Crippen LogP contribution in [0, 0.1) is 11.3 Å². The number of nitrogens with one attached hydrogen (secondary N) is 1. The third-order valence-corrected chi connectivity index (χ3v) is 9.62. The summed E-state index contributed by atoms with van der Waals surface area (Å²) < 4.78 is 22.7. The van der Waals surface area contributed by atoms with Crippen LogP contribution in [0.4, 0.5) is 0 Å². The molecule has 0 saturated carbocycles. The normalized spacial score (nSPS) is 24.1. The summed E-state index contributed by atoms with van der Waals surface area (Å²) >= 11 is 6.36. The van der Waals surface area contributed by atoms with Gasteiger partial charge in [-0.3, -0.25) is 14.6 Å². The summed E-state index contributed by atoms with van der Waals surface area (Å²) in [4.78, 5) is 18.0. The smallest absolute Gasteiger partial charge is 0.252 e. The van der Waals surface area contributed by atoms with Gasteiger partial charge in [-0.1, -0.05) is 23.7 Å². The molecule has 9 nitrogen and oxygen atoms in total. The molecule has 1 fully saturated rings. The minimum absolute atomic E-state index is 0.0267. The second-order valence-corrected chi connectivity index (χ2v) is 11.6. The molecule has 10 heteroatoms. The van der Waals surface area contributed by atoms with Gasteiger partial charge in [-0.05, 0) is 78.5 Å². The van der Waals surface area contributed by atoms with Crippen LogP contribution in [0.1, 0.15) is 44.7 Å². The van der Waals surface area contributed by atoms with Crippen LogP contribution < -0.4 is 24.3 Å². The lowest BCUT2D eigenvalue weighted by molar-refractivity contribution is -0.0708. The molecule has 3 aliphatic rings. The first-order chi connectivity index (χ1) is 20.8. The number of methoxy groups -OCH3 is 4. The summed E-state index contributed by atoms with van der Waals surface area (Å²) in [6.45, 7) is 0.281. The van der Waals surface area contributed by atoms with Crippen molar-refractivity contribution < 1.29 is 23.7 Å². The van der Waals surface area contributed by atoms with E-state index in [1.807, 2.05) is 12.1 Å². The fourth-order valence-corrected chi connectivity index (χ4v) is 7.54. The highest BCUT2D eigenvalue weighted by Crippen LogP contribution is 2.52. The van der Waals surface area contributed by atoms with Gasteiger partial charge in [-0.2, -0.15) is 5.26 Å². The Morgan fingerprint density at radius 1 is 0.907 bits per heavy atom. The van der Waals surface area contributed by atoms with Gasteiger partial charge in [0.15, 0.2) is 23.0 Å². The minimum atomic E-state index is -0.434. The number of rotatable bonds is 7. The largest absolute Gasteiger partial charge is 0.493 e. The van der Waals surface area contributed by atoms with Crippen LogP contribution in [-0.4, -0.2) is 75.9 Å². The highest BCUT2D eigenvalue weighted by molar-refractivity contribution is 6.33. The summed E-state index contributed by atoms with van der Waals surface area (Å²) in [5.74, 6) is 2.34. The van der Waals surface area contributed by atoms with E-state index in [9.17, 15) is 10.1 Å². The average molecular weight is 603 g/mol. The molecule has 3 aromatic rings. The number of piperazine rings is 1. The van der Waals surface area contributed by atoms with Crippen molar-refractivity contribution in [2.45, 2.75) is 43.1 Å². The number of hydrogen-bond donors (Lipinski definition) is 1. The lowest BCUT2D eigenvalue weighted by atomic mass is 9.72. The Labute approximate surface area is 256 Å². The highest BCUT2D eigenvalue weighted by atomic mass is 35.5. The van der Waals surface area contributed by atoms with E-state index >= 15 is 0 Å². The zero-order valence-corrected chi connectivity index (χ0v) is 25.6. The molecule has 0 aliphatic carbocycles. The van der Waals surface area contributed by atoms with Crippen LogP contribution in [0.25, 0.3) is 0 Å². The number of nitriles is 1. The number of hydrogen-bond acceptors (Lipinski definition) is 8. The molecule has 6 rings (SSSR count). The first-order valence-corrected chi connectivity index (χ1v) is 14.6. The number of benzene rings is 3. The molecule has 1 N–H and O–H groups in total.